The molecule has 0 aliphatic carbocycles. The van der Waals surface area contributed by atoms with Gasteiger partial charge in [0, 0.05) is 30.1 Å². The largest absolute Gasteiger partial charge is 0.360 e. The molecule has 7 heteroatoms. The van der Waals surface area contributed by atoms with E-state index in [9.17, 15) is 14.9 Å². The van der Waals surface area contributed by atoms with Crippen molar-refractivity contribution in [1.29, 1.82) is 0 Å². The molecule has 1 fully saturated rings. The number of non-ortho nitro benzene ring substituents is 1. The van der Waals surface area contributed by atoms with E-state index in [1.165, 1.54) is 10.5 Å². The molecule has 7 nitrogen and oxygen atoms in total. The van der Waals surface area contributed by atoms with E-state index in [2.05, 4.69) is 11.0 Å². The highest BCUT2D eigenvalue weighted by Gasteiger charge is 2.35. The predicted octanol–water partition coefficient (Wildman–Crippen LogP) is 1.28. The number of nitro benzene ring substituents is 1. The fraction of sp³-hybridized carbons (Fsp3) is 0.381. The van der Waals surface area contributed by atoms with Crippen molar-refractivity contribution in [2.24, 2.45) is 0 Å². The van der Waals surface area contributed by atoms with Gasteiger partial charge in [-0.15, -0.1) is 0 Å². The van der Waals surface area contributed by atoms with Crippen molar-refractivity contribution in [2.75, 3.05) is 42.5 Å². The van der Waals surface area contributed by atoms with Crippen molar-refractivity contribution < 1.29 is 14.6 Å². The number of amides is 1. The molecule has 2 aromatic rings. The third kappa shape index (κ3) is 3.45. The number of hydrogen-bond donors (Lipinski definition) is 1. The summed E-state index contributed by atoms with van der Waals surface area (Å²) < 4.78 is 0. The number of anilines is 2. The topological polar surface area (TPSA) is 71.1 Å². The van der Waals surface area contributed by atoms with Crippen molar-refractivity contribution >= 4 is 23.0 Å². The van der Waals surface area contributed by atoms with Gasteiger partial charge >= 0.3 is 0 Å². The molecule has 0 saturated carbocycles. The molecule has 2 aliphatic heterocycles. The van der Waals surface area contributed by atoms with Crippen molar-refractivity contribution in [3.05, 3.63) is 64.2 Å². The molecule has 146 valence electrons. The van der Waals surface area contributed by atoms with Gasteiger partial charge in [-0.2, -0.15) is 0 Å². The molecule has 0 aromatic heterocycles. The number of para-hydroxylation sites is 1. The summed E-state index contributed by atoms with van der Waals surface area (Å²) in [5.74, 6) is 0.198. The Bertz CT molecular complexity index is 875. The highest BCUT2D eigenvalue weighted by molar-refractivity contribution is 5.97. The van der Waals surface area contributed by atoms with Crippen LogP contribution in [0.1, 0.15) is 12.5 Å². The number of carbonyl (C=O) groups excluding carboxylic acids is 1. The molecule has 0 bridgehead atoms. The lowest BCUT2D eigenvalue weighted by atomic mass is 10.1. The van der Waals surface area contributed by atoms with Gasteiger partial charge in [0.15, 0.2) is 6.04 Å². The molecular formula is C21H25N4O3+. The average molecular weight is 381 g/mol. The summed E-state index contributed by atoms with van der Waals surface area (Å²) in [7, 11) is 0. The lowest BCUT2D eigenvalue weighted by Gasteiger charge is -2.37. The monoisotopic (exact) mass is 381 g/mol. The van der Waals surface area contributed by atoms with Crippen molar-refractivity contribution in [1.82, 2.24) is 0 Å². The summed E-state index contributed by atoms with van der Waals surface area (Å²) in [5, 5.41) is 10.8. The van der Waals surface area contributed by atoms with Crippen molar-refractivity contribution in [3.8, 4) is 0 Å². The second-order valence-corrected chi connectivity index (χ2v) is 7.51. The van der Waals surface area contributed by atoms with Crippen molar-refractivity contribution in [2.45, 2.75) is 19.4 Å². The van der Waals surface area contributed by atoms with Gasteiger partial charge in [-0.25, -0.2) is 0 Å². The molecule has 1 atom stereocenters. The molecule has 1 N–H and O–H groups in total. The first-order valence-corrected chi connectivity index (χ1v) is 9.78. The second-order valence-electron chi connectivity index (χ2n) is 7.51. The summed E-state index contributed by atoms with van der Waals surface area (Å²) in [5.41, 5.74) is 3.42. The van der Waals surface area contributed by atoms with Gasteiger partial charge in [0.05, 0.1) is 31.1 Å². The average Bonchev–Trinajstić information content (AvgIpc) is 3.17. The zero-order valence-electron chi connectivity index (χ0n) is 16.0. The van der Waals surface area contributed by atoms with E-state index in [4.69, 9.17) is 0 Å². The minimum atomic E-state index is -0.379. The van der Waals surface area contributed by atoms with Gasteiger partial charge in [-0.3, -0.25) is 14.9 Å². The predicted molar refractivity (Wildman–Crippen MR) is 108 cm³/mol. The third-order valence-corrected chi connectivity index (χ3v) is 5.97. The van der Waals surface area contributed by atoms with Gasteiger partial charge in [-0.1, -0.05) is 18.2 Å². The van der Waals surface area contributed by atoms with Crippen LogP contribution in [-0.4, -0.2) is 49.6 Å². The van der Waals surface area contributed by atoms with E-state index >= 15 is 0 Å². The maximum atomic E-state index is 13.1. The number of carbonyl (C=O) groups is 1. The molecule has 4 rings (SSSR count). The summed E-state index contributed by atoms with van der Waals surface area (Å²) in [6.45, 7) is 6.21. The van der Waals surface area contributed by atoms with Gasteiger partial charge in [0.25, 0.3) is 11.6 Å². The third-order valence-electron chi connectivity index (χ3n) is 5.97. The number of piperazine rings is 1. The van der Waals surface area contributed by atoms with Crippen molar-refractivity contribution in [3.63, 3.8) is 0 Å². The molecule has 28 heavy (non-hydrogen) atoms. The minimum absolute atomic E-state index is 0.0785. The molecule has 2 heterocycles. The SMILES string of the molecule is C[C@@H](C(=O)N1CCc2ccccc21)[NH+]1CCN(c2ccc([N+](=O)[O-])cc2)CC1. The Labute approximate surface area is 164 Å². The molecule has 0 spiro atoms. The van der Waals surface area contributed by atoms with Gasteiger partial charge < -0.3 is 14.7 Å². The Morgan fingerprint density at radius 1 is 1.07 bits per heavy atom. The van der Waals surface area contributed by atoms with E-state index in [0.717, 1.165) is 50.5 Å². The van der Waals surface area contributed by atoms with Gasteiger partial charge in [0.1, 0.15) is 0 Å². The highest BCUT2D eigenvalue weighted by Crippen LogP contribution is 2.27. The fourth-order valence-electron chi connectivity index (χ4n) is 4.25. The Morgan fingerprint density at radius 2 is 1.75 bits per heavy atom. The van der Waals surface area contributed by atoms with E-state index in [1.807, 2.05) is 30.0 Å². The Morgan fingerprint density at radius 3 is 2.43 bits per heavy atom. The number of nitrogens with one attached hydrogen (secondary N) is 1. The van der Waals surface area contributed by atoms with E-state index in [0.29, 0.717) is 0 Å². The standard InChI is InChI=1S/C21H24N4O3/c1-16(21(26)24-11-10-17-4-2-3-5-20(17)24)22-12-14-23(15-13-22)18-6-8-19(9-7-18)25(27)28/h2-9,16H,10-15H2,1H3/p+1/t16-/m0/s1. The quantitative estimate of drug-likeness (QED) is 0.640. The summed E-state index contributed by atoms with van der Waals surface area (Å²) in [6, 6.07) is 14.8. The lowest BCUT2D eigenvalue weighted by Crippen LogP contribution is -3.19. The molecule has 0 radical (unpaired) electrons. The normalized spacial score (nSPS) is 18.0. The number of quaternary nitrogens is 1. The number of fused-ring (bicyclic) bond motifs is 1. The van der Waals surface area contributed by atoms with E-state index in [1.54, 1.807) is 24.3 Å². The zero-order valence-corrected chi connectivity index (χ0v) is 16.0. The summed E-state index contributed by atoms with van der Waals surface area (Å²) >= 11 is 0. The summed E-state index contributed by atoms with van der Waals surface area (Å²) in [6.07, 6.45) is 0.928. The van der Waals surface area contributed by atoms with Gasteiger partial charge in [-0.05, 0) is 37.1 Å². The van der Waals surface area contributed by atoms with Crippen LogP contribution in [0.3, 0.4) is 0 Å². The van der Waals surface area contributed by atoms with Crippen LogP contribution in [0.25, 0.3) is 0 Å². The fourth-order valence-corrected chi connectivity index (χ4v) is 4.25. The first-order chi connectivity index (χ1) is 13.5. The second kappa shape index (κ2) is 7.59. The number of rotatable bonds is 4. The van der Waals surface area contributed by atoms with E-state index < -0.39 is 0 Å². The maximum Gasteiger partial charge on any atom is 0.284 e. The molecule has 1 amide bonds. The van der Waals surface area contributed by atoms with Crippen LogP contribution in [0, 0.1) is 10.1 Å². The first-order valence-electron chi connectivity index (χ1n) is 9.78. The van der Waals surface area contributed by atoms with E-state index in [-0.39, 0.29) is 22.6 Å². The van der Waals surface area contributed by atoms with Crippen LogP contribution in [0.5, 0.6) is 0 Å². The molecule has 0 unspecified atom stereocenters. The smallest absolute Gasteiger partial charge is 0.284 e. The molecular weight excluding hydrogens is 356 g/mol. The Balaban J connectivity index is 1.37. The zero-order chi connectivity index (χ0) is 19.7. The van der Waals surface area contributed by atoms with Crippen LogP contribution >= 0.6 is 0 Å². The molecule has 2 aromatic carbocycles. The molecule has 2 aliphatic rings. The van der Waals surface area contributed by atoms with Crippen LogP contribution < -0.4 is 14.7 Å². The van der Waals surface area contributed by atoms with Crippen LogP contribution in [0.4, 0.5) is 17.1 Å². The minimum Gasteiger partial charge on any atom is -0.360 e. The number of nitro groups is 1. The molecule has 1 saturated heterocycles. The number of benzene rings is 2. The van der Waals surface area contributed by atoms with Crippen LogP contribution in [0.15, 0.2) is 48.5 Å². The highest BCUT2D eigenvalue weighted by atomic mass is 16.6. The number of nitrogens with zero attached hydrogens (tertiary/aromatic N) is 3. The lowest BCUT2D eigenvalue weighted by molar-refractivity contribution is -0.914. The maximum absolute atomic E-state index is 13.1. The first kappa shape index (κ1) is 18.4. The Hall–Kier alpha value is -2.93. The van der Waals surface area contributed by atoms with Crippen LogP contribution in [-0.2, 0) is 11.2 Å². The Kier molecular flexibility index (Phi) is 5.00. The summed E-state index contributed by atoms with van der Waals surface area (Å²) in [4.78, 5) is 29.0. The number of hydrogen-bond acceptors (Lipinski definition) is 4. The van der Waals surface area contributed by atoms with Gasteiger partial charge in [0.2, 0.25) is 0 Å². The van der Waals surface area contributed by atoms with Crippen LogP contribution in [0.2, 0.25) is 0 Å².